The van der Waals surface area contributed by atoms with Gasteiger partial charge in [0.25, 0.3) is 5.91 Å². The summed E-state index contributed by atoms with van der Waals surface area (Å²) in [6, 6.07) is 9.85. The summed E-state index contributed by atoms with van der Waals surface area (Å²) in [7, 11) is 0. The lowest BCUT2D eigenvalue weighted by Gasteiger charge is -2.04. The molecule has 22 heavy (non-hydrogen) atoms. The zero-order valence-corrected chi connectivity index (χ0v) is 14.5. The van der Waals surface area contributed by atoms with Gasteiger partial charge in [0.15, 0.2) is 5.82 Å². The number of halogens is 2. The van der Waals surface area contributed by atoms with Gasteiger partial charge in [0.05, 0.1) is 16.1 Å². The van der Waals surface area contributed by atoms with Gasteiger partial charge < -0.3 is 5.32 Å². The first-order valence-electron chi connectivity index (χ1n) is 6.41. The monoisotopic (exact) mass is 427 g/mol. The van der Waals surface area contributed by atoms with Crippen molar-refractivity contribution in [1.29, 1.82) is 0 Å². The smallest absolute Gasteiger partial charge is 0.257 e. The van der Waals surface area contributed by atoms with E-state index in [2.05, 4.69) is 15.5 Å². The van der Waals surface area contributed by atoms with Crippen LogP contribution < -0.4 is 5.32 Å². The molecule has 0 aliphatic carbocycles. The minimum Gasteiger partial charge on any atom is -0.305 e. The van der Waals surface area contributed by atoms with Gasteiger partial charge in [-0.25, -0.2) is 4.39 Å². The van der Waals surface area contributed by atoms with Crippen molar-refractivity contribution < 1.29 is 9.18 Å². The lowest BCUT2D eigenvalue weighted by molar-refractivity contribution is 0.102. The molecule has 2 heterocycles. The molecule has 0 spiro atoms. The van der Waals surface area contributed by atoms with E-state index in [1.165, 1.54) is 23.1 Å². The third kappa shape index (κ3) is 3.20. The van der Waals surface area contributed by atoms with Gasteiger partial charge in [-0.1, -0.05) is 0 Å². The number of hydrogen-bond donors (Lipinski definition) is 2. The van der Waals surface area contributed by atoms with Crippen LogP contribution in [0.15, 0.2) is 36.4 Å². The van der Waals surface area contributed by atoms with Crippen LogP contribution in [0.5, 0.6) is 0 Å². The number of carbonyl (C=O) groups is 1. The Morgan fingerprint density at radius 2 is 2.14 bits per heavy atom. The number of H-pyrrole nitrogens is 1. The summed E-state index contributed by atoms with van der Waals surface area (Å²) in [5.41, 5.74) is 1.26. The normalized spacial score (nSPS) is 10.7. The molecule has 0 unspecified atom stereocenters. The van der Waals surface area contributed by atoms with Crippen LogP contribution in [-0.4, -0.2) is 16.1 Å². The number of anilines is 1. The third-order valence-electron chi connectivity index (χ3n) is 3.00. The van der Waals surface area contributed by atoms with Crippen LogP contribution >= 0.6 is 33.9 Å². The maximum absolute atomic E-state index is 13.1. The Bertz CT molecular complexity index is 843. The second-order valence-corrected chi connectivity index (χ2v) is 7.11. The fourth-order valence-electron chi connectivity index (χ4n) is 1.95. The van der Waals surface area contributed by atoms with E-state index in [0.717, 1.165) is 10.6 Å². The summed E-state index contributed by atoms with van der Waals surface area (Å²) < 4.78 is 13.6. The van der Waals surface area contributed by atoms with Crippen molar-refractivity contribution in [3.05, 3.63) is 56.2 Å². The van der Waals surface area contributed by atoms with Gasteiger partial charge in [0, 0.05) is 14.5 Å². The van der Waals surface area contributed by atoms with Crippen molar-refractivity contribution in [1.82, 2.24) is 10.2 Å². The van der Waals surface area contributed by atoms with Gasteiger partial charge in [0.2, 0.25) is 0 Å². The molecule has 0 saturated heterocycles. The first kappa shape index (κ1) is 15.2. The third-order valence-corrected chi connectivity index (χ3v) is 4.93. The Balaban J connectivity index is 1.79. The molecule has 0 aliphatic rings. The predicted molar refractivity (Wildman–Crippen MR) is 93.7 cm³/mol. The van der Waals surface area contributed by atoms with Gasteiger partial charge in [0.1, 0.15) is 5.82 Å². The molecule has 0 aliphatic heterocycles. The standard InChI is InChI=1S/C15H11FIN3OS/c1-8-2-5-13(22-8)12-7-14(20-19-12)18-15(21)10-4-3-9(16)6-11(10)17/h2-7H,1H3,(H2,18,19,20,21). The molecule has 7 heteroatoms. The highest BCUT2D eigenvalue weighted by Gasteiger charge is 2.13. The average molecular weight is 427 g/mol. The maximum atomic E-state index is 13.1. The van der Waals surface area contributed by atoms with E-state index in [1.807, 2.05) is 41.6 Å². The summed E-state index contributed by atoms with van der Waals surface area (Å²) in [5.74, 6) is -0.243. The molecule has 0 fully saturated rings. The number of thiophene rings is 1. The number of aryl methyl sites for hydroxylation is 1. The van der Waals surface area contributed by atoms with Crippen molar-refractivity contribution in [3.63, 3.8) is 0 Å². The first-order valence-corrected chi connectivity index (χ1v) is 8.31. The molecular formula is C15H11FIN3OS. The van der Waals surface area contributed by atoms with Crippen molar-refractivity contribution in [2.75, 3.05) is 5.32 Å². The van der Waals surface area contributed by atoms with Crippen LogP contribution in [0, 0.1) is 16.3 Å². The SMILES string of the molecule is Cc1ccc(-c2cc(NC(=O)c3ccc(F)cc3I)n[nH]2)s1. The highest BCUT2D eigenvalue weighted by Crippen LogP contribution is 2.27. The molecule has 0 atom stereocenters. The summed E-state index contributed by atoms with van der Waals surface area (Å²) in [4.78, 5) is 14.5. The predicted octanol–water partition coefficient (Wildman–Crippen LogP) is 4.44. The number of nitrogens with zero attached hydrogens (tertiary/aromatic N) is 1. The number of nitrogens with one attached hydrogen (secondary N) is 2. The number of amides is 1. The molecule has 0 bridgehead atoms. The summed E-state index contributed by atoms with van der Waals surface area (Å²) in [5, 5.41) is 9.70. The van der Waals surface area contributed by atoms with E-state index in [4.69, 9.17) is 0 Å². The molecule has 2 aromatic heterocycles. The van der Waals surface area contributed by atoms with Gasteiger partial charge in [-0.2, -0.15) is 5.10 Å². The molecule has 112 valence electrons. The van der Waals surface area contributed by atoms with Crippen LogP contribution in [0.3, 0.4) is 0 Å². The molecule has 3 rings (SSSR count). The number of rotatable bonds is 3. The second kappa shape index (κ2) is 6.17. The van der Waals surface area contributed by atoms with E-state index in [0.29, 0.717) is 15.0 Å². The van der Waals surface area contributed by atoms with Crippen LogP contribution in [0.1, 0.15) is 15.2 Å². The topological polar surface area (TPSA) is 57.8 Å². The van der Waals surface area contributed by atoms with Crippen LogP contribution in [0.4, 0.5) is 10.2 Å². The Kier molecular flexibility index (Phi) is 4.25. The van der Waals surface area contributed by atoms with Gasteiger partial charge in [-0.15, -0.1) is 11.3 Å². The zero-order chi connectivity index (χ0) is 15.7. The lowest BCUT2D eigenvalue weighted by atomic mass is 10.2. The summed E-state index contributed by atoms with van der Waals surface area (Å²) in [6.07, 6.45) is 0. The molecule has 0 saturated carbocycles. The van der Waals surface area contributed by atoms with E-state index in [9.17, 15) is 9.18 Å². The number of carbonyl (C=O) groups excluding carboxylic acids is 1. The fraction of sp³-hybridized carbons (Fsp3) is 0.0667. The number of aromatic nitrogens is 2. The van der Waals surface area contributed by atoms with E-state index in [-0.39, 0.29) is 11.7 Å². The minimum atomic E-state index is -0.365. The molecular weight excluding hydrogens is 416 g/mol. The Labute approximate surface area is 143 Å². The highest BCUT2D eigenvalue weighted by atomic mass is 127. The zero-order valence-electron chi connectivity index (χ0n) is 11.5. The molecule has 2 N–H and O–H groups in total. The van der Waals surface area contributed by atoms with Crippen molar-refractivity contribution in [3.8, 4) is 10.6 Å². The van der Waals surface area contributed by atoms with E-state index < -0.39 is 0 Å². The van der Waals surface area contributed by atoms with Crippen LogP contribution in [-0.2, 0) is 0 Å². The van der Waals surface area contributed by atoms with Crippen molar-refractivity contribution in [2.24, 2.45) is 0 Å². The number of hydrogen-bond acceptors (Lipinski definition) is 3. The van der Waals surface area contributed by atoms with Gasteiger partial charge in [-0.3, -0.25) is 9.89 Å². The molecule has 1 amide bonds. The Hall–Kier alpha value is -1.74. The minimum absolute atomic E-state index is 0.315. The van der Waals surface area contributed by atoms with E-state index >= 15 is 0 Å². The number of aromatic amines is 1. The number of benzene rings is 1. The van der Waals surface area contributed by atoms with Crippen molar-refractivity contribution in [2.45, 2.75) is 6.92 Å². The van der Waals surface area contributed by atoms with Gasteiger partial charge in [-0.05, 0) is 59.8 Å². The first-order chi connectivity index (χ1) is 10.5. The quantitative estimate of drug-likeness (QED) is 0.608. The molecule has 4 nitrogen and oxygen atoms in total. The highest BCUT2D eigenvalue weighted by molar-refractivity contribution is 14.1. The fourth-order valence-corrected chi connectivity index (χ4v) is 3.50. The van der Waals surface area contributed by atoms with Crippen LogP contribution in [0.25, 0.3) is 10.6 Å². The Morgan fingerprint density at radius 1 is 1.32 bits per heavy atom. The maximum Gasteiger partial charge on any atom is 0.257 e. The Morgan fingerprint density at radius 3 is 2.82 bits per heavy atom. The average Bonchev–Trinajstić information content (AvgIpc) is 3.07. The molecule has 3 aromatic rings. The summed E-state index contributed by atoms with van der Waals surface area (Å²) >= 11 is 3.58. The summed E-state index contributed by atoms with van der Waals surface area (Å²) in [6.45, 7) is 2.03. The van der Waals surface area contributed by atoms with Gasteiger partial charge >= 0.3 is 0 Å². The largest absolute Gasteiger partial charge is 0.305 e. The van der Waals surface area contributed by atoms with E-state index in [1.54, 1.807) is 17.4 Å². The molecule has 1 aromatic carbocycles. The van der Waals surface area contributed by atoms with Crippen LogP contribution in [0.2, 0.25) is 0 Å². The van der Waals surface area contributed by atoms with Crippen molar-refractivity contribution >= 4 is 45.7 Å². The second-order valence-electron chi connectivity index (χ2n) is 4.66. The lowest BCUT2D eigenvalue weighted by Crippen LogP contribution is -2.13. The molecule has 0 radical (unpaired) electrons.